The van der Waals surface area contributed by atoms with Crippen molar-refractivity contribution in [2.75, 3.05) is 31.1 Å². The quantitative estimate of drug-likeness (QED) is 0.567. The Kier molecular flexibility index (Phi) is 6.66. The fourth-order valence-electron chi connectivity index (χ4n) is 3.73. The number of nitrogens with two attached hydrogens (primary N) is 1. The number of hydrogen-bond donors (Lipinski definition) is 1. The van der Waals surface area contributed by atoms with Gasteiger partial charge in [0.2, 0.25) is 0 Å². The maximum absolute atomic E-state index is 11.3. The van der Waals surface area contributed by atoms with Gasteiger partial charge in [-0.25, -0.2) is 4.79 Å². The van der Waals surface area contributed by atoms with E-state index in [2.05, 4.69) is 16.7 Å². The van der Waals surface area contributed by atoms with Crippen LogP contribution in [0, 0.1) is 10.1 Å². The van der Waals surface area contributed by atoms with E-state index in [4.69, 9.17) is 10.5 Å². The number of nitro benzene ring substituents is 1. The molecule has 1 aliphatic heterocycles. The summed E-state index contributed by atoms with van der Waals surface area (Å²) in [6.07, 6.45) is -0.491. The van der Waals surface area contributed by atoms with E-state index in [1.807, 2.05) is 30.3 Å². The van der Waals surface area contributed by atoms with E-state index in [1.54, 1.807) is 12.1 Å². The Morgan fingerprint density at radius 1 is 1.10 bits per heavy atom. The number of ether oxygens (including phenoxy) is 1. The monoisotopic (exact) mass is 398 g/mol. The van der Waals surface area contributed by atoms with Gasteiger partial charge in [0.15, 0.2) is 0 Å². The normalized spacial score (nSPS) is 16.8. The second kappa shape index (κ2) is 9.38. The predicted molar refractivity (Wildman–Crippen MR) is 111 cm³/mol. The van der Waals surface area contributed by atoms with Crippen molar-refractivity contribution in [3.63, 3.8) is 0 Å². The molecular formula is C21H26N4O4. The van der Waals surface area contributed by atoms with Crippen LogP contribution in [0.2, 0.25) is 0 Å². The topological polar surface area (TPSA) is 102 Å². The summed E-state index contributed by atoms with van der Waals surface area (Å²) in [7, 11) is 0. The lowest BCUT2D eigenvalue weighted by atomic mass is 10.0. The second-order valence-corrected chi connectivity index (χ2v) is 7.22. The number of anilines is 1. The second-order valence-electron chi connectivity index (χ2n) is 7.22. The Morgan fingerprint density at radius 3 is 2.28 bits per heavy atom. The highest BCUT2D eigenvalue weighted by Crippen LogP contribution is 2.26. The molecule has 0 aliphatic carbocycles. The van der Waals surface area contributed by atoms with E-state index < -0.39 is 6.09 Å². The first-order valence-electron chi connectivity index (χ1n) is 9.68. The van der Waals surface area contributed by atoms with Crippen LogP contribution in [-0.2, 0) is 4.74 Å². The first-order chi connectivity index (χ1) is 13.9. The molecule has 0 spiro atoms. The molecule has 8 heteroatoms. The molecule has 1 saturated heterocycles. The Hall–Kier alpha value is -3.13. The molecule has 8 nitrogen and oxygen atoms in total. The summed E-state index contributed by atoms with van der Waals surface area (Å²) in [4.78, 5) is 26.4. The molecule has 2 aromatic carbocycles. The van der Waals surface area contributed by atoms with Crippen molar-refractivity contribution >= 4 is 17.5 Å². The van der Waals surface area contributed by atoms with Crippen LogP contribution in [0.5, 0.6) is 0 Å². The number of nitro groups is 1. The number of hydrogen-bond acceptors (Lipinski definition) is 6. The SMILES string of the molecule is CC(CC(OC(N)=O)c1ccccc1)N1CCN(c2ccc([N+](=O)[O-])cc2)CC1. The van der Waals surface area contributed by atoms with E-state index >= 15 is 0 Å². The number of nitrogens with zero attached hydrogens (tertiary/aromatic N) is 3. The standard InChI is InChI=1S/C21H26N4O4/c1-16(15-20(29-21(22)26)17-5-3-2-4-6-17)23-11-13-24(14-12-23)18-7-9-19(10-8-18)25(27)28/h2-10,16,20H,11-15H2,1H3,(H2,22,26). The number of carbonyl (C=O) groups is 1. The third kappa shape index (κ3) is 5.45. The minimum atomic E-state index is -0.769. The maximum Gasteiger partial charge on any atom is 0.405 e. The highest BCUT2D eigenvalue weighted by atomic mass is 16.6. The molecule has 0 aromatic heterocycles. The summed E-state index contributed by atoms with van der Waals surface area (Å²) < 4.78 is 5.37. The zero-order valence-electron chi connectivity index (χ0n) is 16.4. The van der Waals surface area contributed by atoms with Crippen molar-refractivity contribution in [1.82, 2.24) is 4.90 Å². The predicted octanol–water partition coefficient (Wildman–Crippen LogP) is 3.33. The number of non-ortho nitro benzene ring substituents is 1. The van der Waals surface area contributed by atoms with Gasteiger partial charge in [-0.15, -0.1) is 0 Å². The first-order valence-corrected chi connectivity index (χ1v) is 9.68. The Bertz CT molecular complexity index is 820. The van der Waals surface area contributed by atoms with Gasteiger partial charge >= 0.3 is 6.09 Å². The lowest BCUT2D eigenvalue weighted by Crippen LogP contribution is -2.50. The van der Waals surface area contributed by atoms with E-state index in [0.717, 1.165) is 37.4 Å². The summed E-state index contributed by atoms with van der Waals surface area (Å²) in [5.74, 6) is 0. The highest BCUT2D eigenvalue weighted by Gasteiger charge is 2.26. The Morgan fingerprint density at radius 2 is 1.72 bits per heavy atom. The number of benzene rings is 2. The molecule has 0 radical (unpaired) electrons. The molecule has 2 N–H and O–H groups in total. The third-order valence-corrected chi connectivity index (χ3v) is 5.35. The number of primary amides is 1. The summed E-state index contributed by atoms with van der Waals surface area (Å²) in [5.41, 5.74) is 7.29. The first kappa shape index (κ1) is 20.6. The number of amides is 1. The summed E-state index contributed by atoms with van der Waals surface area (Å²) in [6.45, 7) is 5.50. The van der Waals surface area contributed by atoms with E-state index in [0.29, 0.717) is 6.42 Å². The van der Waals surface area contributed by atoms with Crippen molar-refractivity contribution in [2.24, 2.45) is 5.73 Å². The summed E-state index contributed by atoms with van der Waals surface area (Å²) >= 11 is 0. The van der Waals surface area contributed by atoms with Gasteiger partial charge < -0.3 is 15.4 Å². The van der Waals surface area contributed by atoms with E-state index in [1.165, 1.54) is 12.1 Å². The van der Waals surface area contributed by atoms with Gasteiger partial charge in [0.1, 0.15) is 6.10 Å². The minimum absolute atomic E-state index is 0.0995. The molecule has 29 heavy (non-hydrogen) atoms. The summed E-state index contributed by atoms with van der Waals surface area (Å²) in [5, 5.41) is 10.8. The number of rotatable bonds is 7. The molecule has 154 valence electrons. The summed E-state index contributed by atoms with van der Waals surface area (Å²) in [6, 6.07) is 16.5. The average Bonchev–Trinajstić information content (AvgIpc) is 2.73. The van der Waals surface area contributed by atoms with Gasteiger partial charge in [-0.1, -0.05) is 30.3 Å². The Balaban J connectivity index is 1.57. The average molecular weight is 398 g/mol. The lowest BCUT2D eigenvalue weighted by Gasteiger charge is -2.39. The van der Waals surface area contributed by atoms with E-state index in [9.17, 15) is 14.9 Å². The molecular weight excluding hydrogens is 372 g/mol. The van der Waals surface area contributed by atoms with Gasteiger partial charge in [0.25, 0.3) is 5.69 Å². The van der Waals surface area contributed by atoms with Crippen LogP contribution in [0.1, 0.15) is 25.0 Å². The lowest BCUT2D eigenvalue weighted by molar-refractivity contribution is -0.384. The smallest absolute Gasteiger partial charge is 0.405 e. The molecule has 1 aliphatic rings. The third-order valence-electron chi connectivity index (χ3n) is 5.35. The molecule has 3 rings (SSSR count). The van der Waals surface area contributed by atoms with Crippen LogP contribution in [0.15, 0.2) is 54.6 Å². The van der Waals surface area contributed by atoms with Crippen molar-refractivity contribution in [1.29, 1.82) is 0 Å². The van der Waals surface area contributed by atoms with Crippen molar-refractivity contribution in [2.45, 2.75) is 25.5 Å². The fourth-order valence-corrected chi connectivity index (χ4v) is 3.73. The van der Waals surface area contributed by atoms with E-state index in [-0.39, 0.29) is 22.8 Å². The van der Waals surface area contributed by atoms with Crippen LogP contribution in [0.3, 0.4) is 0 Å². The van der Waals surface area contributed by atoms with Crippen LogP contribution in [0.4, 0.5) is 16.2 Å². The Labute approximate surface area is 170 Å². The molecule has 0 saturated carbocycles. The number of carbonyl (C=O) groups excluding carboxylic acids is 1. The van der Waals surface area contributed by atoms with Gasteiger partial charge in [-0.05, 0) is 24.6 Å². The van der Waals surface area contributed by atoms with Crippen molar-refractivity contribution in [3.8, 4) is 0 Å². The van der Waals surface area contributed by atoms with Crippen LogP contribution >= 0.6 is 0 Å². The molecule has 0 bridgehead atoms. The zero-order valence-corrected chi connectivity index (χ0v) is 16.4. The van der Waals surface area contributed by atoms with Crippen LogP contribution < -0.4 is 10.6 Å². The van der Waals surface area contributed by atoms with Crippen LogP contribution in [0.25, 0.3) is 0 Å². The van der Waals surface area contributed by atoms with Gasteiger partial charge in [0, 0.05) is 56.5 Å². The molecule has 1 heterocycles. The molecule has 2 unspecified atom stereocenters. The van der Waals surface area contributed by atoms with Gasteiger partial charge in [-0.3, -0.25) is 15.0 Å². The fraction of sp³-hybridized carbons (Fsp3) is 0.381. The maximum atomic E-state index is 11.3. The van der Waals surface area contributed by atoms with Crippen LogP contribution in [-0.4, -0.2) is 48.1 Å². The minimum Gasteiger partial charge on any atom is -0.441 e. The molecule has 1 fully saturated rings. The van der Waals surface area contributed by atoms with Gasteiger partial charge in [-0.2, -0.15) is 0 Å². The van der Waals surface area contributed by atoms with Crippen molar-refractivity contribution < 1.29 is 14.5 Å². The molecule has 2 aromatic rings. The molecule has 2 atom stereocenters. The van der Waals surface area contributed by atoms with Gasteiger partial charge in [0.05, 0.1) is 4.92 Å². The zero-order chi connectivity index (χ0) is 20.8. The molecule has 1 amide bonds. The highest BCUT2D eigenvalue weighted by molar-refractivity contribution is 5.65. The number of piperazine rings is 1. The largest absolute Gasteiger partial charge is 0.441 e. The van der Waals surface area contributed by atoms with Crippen molar-refractivity contribution in [3.05, 3.63) is 70.3 Å².